The predicted octanol–water partition coefficient (Wildman–Crippen LogP) is 2.12. The zero-order chi connectivity index (χ0) is 15.0. The van der Waals surface area contributed by atoms with Crippen LogP contribution >= 0.6 is 0 Å². The van der Waals surface area contributed by atoms with Gasteiger partial charge in [-0.3, -0.25) is 4.79 Å². The Morgan fingerprint density at radius 1 is 1.35 bits per heavy atom. The summed E-state index contributed by atoms with van der Waals surface area (Å²) in [5, 5.41) is 12.2. The van der Waals surface area contributed by atoms with Gasteiger partial charge >= 0.3 is 5.97 Å². The van der Waals surface area contributed by atoms with Crippen molar-refractivity contribution in [1.82, 2.24) is 5.32 Å². The molecule has 0 radical (unpaired) electrons. The molecule has 4 nitrogen and oxygen atoms in total. The van der Waals surface area contributed by atoms with Gasteiger partial charge in [-0.2, -0.15) is 0 Å². The van der Waals surface area contributed by atoms with Crippen LogP contribution in [0.25, 0.3) is 0 Å². The summed E-state index contributed by atoms with van der Waals surface area (Å²) in [5.41, 5.74) is 0.810. The van der Waals surface area contributed by atoms with Gasteiger partial charge in [-0.25, -0.2) is 0 Å². The SMILES string of the molecule is CC(CNC(C)(C)CCO)C(=O)OCc1ccccc1. The number of hydrogen-bond acceptors (Lipinski definition) is 4. The molecule has 0 aromatic heterocycles. The van der Waals surface area contributed by atoms with Gasteiger partial charge in [-0.05, 0) is 25.8 Å². The number of aliphatic hydroxyl groups is 1. The van der Waals surface area contributed by atoms with E-state index < -0.39 is 0 Å². The highest BCUT2D eigenvalue weighted by Crippen LogP contribution is 2.09. The lowest BCUT2D eigenvalue weighted by Crippen LogP contribution is -2.43. The summed E-state index contributed by atoms with van der Waals surface area (Å²) in [4.78, 5) is 11.9. The zero-order valence-electron chi connectivity index (χ0n) is 12.6. The Bertz CT molecular complexity index is 403. The normalized spacial score (nSPS) is 13.0. The molecule has 0 fully saturated rings. The van der Waals surface area contributed by atoms with E-state index >= 15 is 0 Å². The van der Waals surface area contributed by atoms with E-state index in [9.17, 15) is 4.79 Å². The van der Waals surface area contributed by atoms with Gasteiger partial charge in [-0.1, -0.05) is 37.3 Å². The molecular weight excluding hydrogens is 254 g/mol. The number of nitrogens with one attached hydrogen (secondary N) is 1. The fourth-order valence-corrected chi connectivity index (χ4v) is 1.75. The summed E-state index contributed by atoms with van der Waals surface area (Å²) in [6, 6.07) is 9.64. The van der Waals surface area contributed by atoms with E-state index in [4.69, 9.17) is 9.84 Å². The largest absolute Gasteiger partial charge is 0.461 e. The Labute approximate surface area is 121 Å². The number of carbonyl (C=O) groups excluding carboxylic acids is 1. The monoisotopic (exact) mass is 279 g/mol. The van der Waals surface area contributed by atoms with Gasteiger partial charge in [0.05, 0.1) is 5.92 Å². The van der Waals surface area contributed by atoms with Crippen LogP contribution in [-0.4, -0.2) is 29.8 Å². The first-order valence-corrected chi connectivity index (χ1v) is 7.01. The Hall–Kier alpha value is -1.39. The Kier molecular flexibility index (Phi) is 6.68. The molecule has 4 heteroatoms. The maximum absolute atomic E-state index is 11.9. The third kappa shape index (κ3) is 6.17. The Morgan fingerprint density at radius 2 is 2.00 bits per heavy atom. The molecule has 112 valence electrons. The van der Waals surface area contributed by atoms with Gasteiger partial charge in [0.1, 0.15) is 6.61 Å². The lowest BCUT2D eigenvalue weighted by Gasteiger charge is -2.26. The fraction of sp³-hybridized carbons (Fsp3) is 0.562. The molecule has 0 aliphatic heterocycles. The van der Waals surface area contributed by atoms with Crippen LogP contribution in [0.2, 0.25) is 0 Å². The molecule has 0 saturated heterocycles. The van der Waals surface area contributed by atoms with Crippen molar-refractivity contribution in [2.75, 3.05) is 13.2 Å². The van der Waals surface area contributed by atoms with E-state index in [-0.39, 0.29) is 24.0 Å². The quantitative estimate of drug-likeness (QED) is 0.716. The lowest BCUT2D eigenvalue weighted by molar-refractivity contribution is -0.149. The minimum absolute atomic E-state index is 0.132. The molecule has 1 aromatic carbocycles. The van der Waals surface area contributed by atoms with E-state index in [0.717, 1.165) is 5.56 Å². The zero-order valence-corrected chi connectivity index (χ0v) is 12.6. The number of aliphatic hydroxyl groups excluding tert-OH is 1. The van der Waals surface area contributed by atoms with E-state index in [0.29, 0.717) is 19.6 Å². The van der Waals surface area contributed by atoms with Crippen LogP contribution < -0.4 is 5.32 Å². The highest BCUT2D eigenvalue weighted by Gasteiger charge is 2.20. The van der Waals surface area contributed by atoms with Gasteiger partial charge in [0.2, 0.25) is 0 Å². The average molecular weight is 279 g/mol. The second-order valence-electron chi connectivity index (χ2n) is 5.73. The topological polar surface area (TPSA) is 58.6 Å². The van der Waals surface area contributed by atoms with Gasteiger partial charge < -0.3 is 15.2 Å². The first-order chi connectivity index (χ1) is 9.44. The summed E-state index contributed by atoms with van der Waals surface area (Å²) >= 11 is 0. The van der Waals surface area contributed by atoms with E-state index in [1.807, 2.05) is 51.1 Å². The van der Waals surface area contributed by atoms with Crippen molar-refractivity contribution < 1.29 is 14.6 Å². The van der Waals surface area contributed by atoms with Gasteiger partial charge in [0.25, 0.3) is 0 Å². The van der Waals surface area contributed by atoms with E-state index in [2.05, 4.69) is 5.32 Å². The molecule has 0 heterocycles. The number of carbonyl (C=O) groups is 1. The number of esters is 1. The number of rotatable bonds is 8. The van der Waals surface area contributed by atoms with Crippen molar-refractivity contribution in [1.29, 1.82) is 0 Å². The molecule has 0 amide bonds. The summed E-state index contributed by atoms with van der Waals surface area (Å²) in [5.74, 6) is -0.419. The van der Waals surface area contributed by atoms with Crippen molar-refractivity contribution in [2.45, 2.75) is 39.3 Å². The van der Waals surface area contributed by atoms with Crippen molar-refractivity contribution in [3.8, 4) is 0 Å². The Morgan fingerprint density at radius 3 is 2.60 bits per heavy atom. The number of ether oxygens (including phenoxy) is 1. The average Bonchev–Trinajstić information content (AvgIpc) is 2.43. The summed E-state index contributed by atoms with van der Waals surface area (Å²) in [6.45, 7) is 6.84. The third-order valence-electron chi connectivity index (χ3n) is 3.25. The van der Waals surface area contributed by atoms with E-state index in [1.54, 1.807) is 0 Å². The smallest absolute Gasteiger partial charge is 0.310 e. The summed E-state index contributed by atoms with van der Waals surface area (Å²) in [7, 11) is 0. The third-order valence-corrected chi connectivity index (χ3v) is 3.25. The second-order valence-corrected chi connectivity index (χ2v) is 5.73. The molecule has 0 aliphatic carbocycles. The van der Waals surface area contributed by atoms with Crippen LogP contribution in [0.1, 0.15) is 32.8 Å². The highest BCUT2D eigenvalue weighted by atomic mass is 16.5. The molecule has 20 heavy (non-hydrogen) atoms. The van der Waals surface area contributed by atoms with Gasteiger partial charge in [0.15, 0.2) is 0 Å². The van der Waals surface area contributed by atoms with Gasteiger partial charge in [-0.15, -0.1) is 0 Å². The van der Waals surface area contributed by atoms with E-state index in [1.165, 1.54) is 0 Å². The maximum Gasteiger partial charge on any atom is 0.310 e. The molecule has 1 unspecified atom stereocenters. The van der Waals surface area contributed by atoms with Crippen LogP contribution in [-0.2, 0) is 16.1 Å². The first-order valence-electron chi connectivity index (χ1n) is 7.01. The number of hydrogen-bond donors (Lipinski definition) is 2. The lowest BCUT2D eigenvalue weighted by atomic mass is 10.00. The second kappa shape index (κ2) is 8.02. The minimum Gasteiger partial charge on any atom is -0.461 e. The van der Waals surface area contributed by atoms with Crippen LogP contribution in [0.4, 0.5) is 0 Å². The predicted molar refractivity (Wildman–Crippen MR) is 79.2 cm³/mol. The van der Waals surface area contributed by atoms with Crippen molar-refractivity contribution >= 4 is 5.97 Å². The molecule has 0 spiro atoms. The molecule has 1 rings (SSSR count). The molecule has 1 atom stereocenters. The molecular formula is C16H25NO3. The molecule has 0 bridgehead atoms. The van der Waals surface area contributed by atoms with Crippen LogP contribution in [0.15, 0.2) is 30.3 Å². The van der Waals surface area contributed by atoms with Crippen molar-refractivity contribution in [2.24, 2.45) is 5.92 Å². The highest BCUT2D eigenvalue weighted by molar-refractivity contribution is 5.72. The van der Waals surface area contributed by atoms with Gasteiger partial charge in [0, 0.05) is 18.7 Å². The van der Waals surface area contributed by atoms with Crippen molar-refractivity contribution in [3.63, 3.8) is 0 Å². The molecule has 0 saturated carbocycles. The number of benzene rings is 1. The molecule has 2 N–H and O–H groups in total. The fourth-order valence-electron chi connectivity index (χ4n) is 1.75. The van der Waals surface area contributed by atoms with Crippen LogP contribution in [0.5, 0.6) is 0 Å². The molecule has 0 aliphatic rings. The summed E-state index contributed by atoms with van der Waals surface area (Å²) in [6.07, 6.45) is 0.652. The first kappa shape index (κ1) is 16.7. The summed E-state index contributed by atoms with van der Waals surface area (Å²) < 4.78 is 5.29. The minimum atomic E-state index is -0.211. The standard InChI is InChI=1S/C16H25NO3/c1-13(11-17-16(2,3)9-10-18)15(19)20-12-14-7-5-4-6-8-14/h4-8,13,17-18H,9-12H2,1-3H3. The van der Waals surface area contributed by atoms with Crippen LogP contribution in [0.3, 0.4) is 0 Å². The maximum atomic E-state index is 11.9. The Balaban J connectivity index is 2.32. The molecule has 1 aromatic rings. The van der Waals surface area contributed by atoms with Crippen LogP contribution in [0, 0.1) is 5.92 Å². The van der Waals surface area contributed by atoms with Crippen molar-refractivity contribution in [3.05, 3.63) is 35.9 Å².